The van der Waals surface area contributed by atoms with E-state index in [-0.39, 0.29) is 12.1 Å². The lowest BCUT2D eigenvalue weighted by Crippen LogP contribution is -2.53. The molecule has 0 saturated carbocycles. The SMILES string of the molecule is CC(C)CCC1=CC2CCCC(C1)N2C(=O)OC(C)(C)C. The molecule has 2 atom stereocenters. The van der Waals surface area contributed by atoms with Crippen LogP contribution in [0.15, 0.2) is 11.6 Å². The summed E-state index contributed by atoms with van der Waals surface area (Å²) in [6.07, 6.45) is 9.13. The molecule has 3 heteroatoms. The molecule has 2 aliphatic rings. The van der Waals surface area contributed by atoms with Crippen LogP contribution in [-0.4, -0.2) is 28.7 Å². The first-order chi connectivity index (χ1) is 9.76. The summed E-state index contributed by atoms with van der Waals surface area (Å²) in [6, 6.07) is 0.611. The molecule has 21 heavy (non-hydrogen) atoms. The maximum Gasteiger partial charge on any atom is 0.411 e. The van der Waals surface area contributed by atoms with E-state index in [1.807, 2.05) is 25.7 Å². The Labute approximate surface area is 129 Å². The van der Waals surface area contributed by atoms with Gasteiger partial charge in [0.1, 0.15) is 5.60 Å². The number of hydrogen-bond donors (Lipinski definition) is 0. The van der Waals surface area contributed by atoms with E-state index in [0.29, 0.717) is 6.04 Å². The summed E-state index contributed by atoms with van der Waals surface area (Å²) in [5.74, 6) is 0.745. The Morgan fingerprint density at radius 3 is 2.67 bits per heavy atom. The number of carbonyl (C=O) groups excluding carboxylic acids is 1. The van der Waals surface area contributed by atoms with Gasteiger partial charge in [0.05, 0.1) is 6.04 Å². The topological polar surface area (TPSA) is 29.5 Å². The summed E-state index contributed by atoms with van der Waals surface area (Å²) in [6.45, 7) is 10.4. The third-order valence-electron chi connectivity index (χ3n) is 4.36. The van der Waals surface area contributed by atoms with Crippen LogP contribution in [0.25, 0.3) is 0 Å². The first kappa shape index (κ1) is 16.4. The van der Waals surface area contributed by atoms with E-state index < -0.39 is 5.60 Å². The average Bonchev–Trinajstić information content (AvgIpc) is 2.32. The third kappa shape index (κ3) is 4.49. The normalized spacial score (nSPS) is 25.8. The number of fused-ring (bicyclic) bond motifs is 2. The van der Waals surface area contributed by atoms with Gasteiger partial charge in [0.25, 0.3) is 0 Å². The van der Waals surface area contributed by atoms with Gasteiger partial charge >= 0.3 is 6.09 Å². The van der Waals surface area contributed by atoms with Crippen molar-refractivity contribution < 1.29 is 9.53 Å². The van der Waals surface area contributed by atoms with E-state index in [0.717, 1.165) is 25.2 Å². The van der Waals surface area contributed by atoms with Crippen LogP contribution in [-0.2, 0) is 4.74 Å². The highest BCUT2D eigenvalue weighted by Crippen LogP contribution is 2.36. The average molecular weight is 293 g/mol. The molecule has 0 radical (unpaired) electrons. The van der Waals surface area contributed by atoms with E-state index >= 15 is 0 Å². The molecule has 2 bridgehead atoms. The molecular formula is C18H31NO2. The van der Waals surface area contributed by atoms with Gasteiger partial charge in [0, 0.05) is 6.04 Å². The van der Waals surface area contributed by atoms with E-state index in [4.69, 9.17) is 4.74 Å². The molecule has 2 unspecified atom stereocenters. The van der Waals surface area contributed by atoms with Crippen molar-refractivity contribution in [3.05, 3.63) is 11.6 Å². The van der Waals surface area contributed by atoms with E-state index in [9.17, 15) is 4.79 Å². The van der Waals surface area contributed by atoms with Crippen molar-refractivity contribution in [1.29, 1.82) is 0 Å². The molecule has 0 aromatic rings. The monoisotopic (exact) mass is 293 g/mol. The first-order valence-electron chi connectivity index (χ1n) is 8.47. The predicted molar refractivity (Wildman–Crippen MR) is 86.3 cm³/mol. The van der Waals surface area contributed by atoms with Gasteiger partial charge in [-0.15, -0.1) is 0 Å². The second kappa shape index (κ2) is 6.41. The molecule has 3 nitrogen and oxygen atoms in total. The van der Waals surface area contributed by atoms with Crippen molar-refractivity contribution in [2.24, 2.45) is 5.92 Å². The molecule has 2 aliphatic heterocycles. The minimum Gasteiger partial charge on any atom is -0.444 e. The highest BCUT2D eigenvalue weighted by molar-refractivity contribution is 5.70. The van der Waals surface area contributed by atoms with Crippen molar-refractivity contribution in [3.8, 4) is 0 Å². The molecule has 0 spiro atoms. The minimum atomic E-state index is -0.410. The molecule has 2 heterocycles. The van der Waals surface area contributed by atoms with Crippen molar-refractivity contribution in [1.82, 2.24) is 4.90 Å². The lowest BCUT2D eigenvalue weighted by atomic mass is 9.83. The largest absolute Gasteiger partial charge is 0.444 e. The molecule has 1 saturated heterocycles. The van der Waals surface area contributed by atoms with Crippen LogP contribution in [0.5, 0.6) is 0 Å². The van der Waals surface area contributed by atoms with E-state index in [2.05, 4.69) is 19.9 Å². The highest BCUT2D eigenvalue weighted by Gasteiger charge is 2.38. The summed E-state index contributed by atoms with van der Waals surface area (Å²) >= 11 is 0. The number of nitrogens with zero attached hydrogens (tertiary/aromatic N) is 1. The molecule has 0 aromatic carbocycles. The maximum atomic E-state index is 12.5. The van der Waals surface area contributed by atoms with Gasteiger partial charge in [-0.2, -0.15) is 0 Å². The summed E-state index contributed by atoms with van der Waals surface area (Å²) in [4.78, 5) is 14.5. The number of rotatable bonds is 3. The Balaban J connectivity index is 2.06. The van der Waals surface area contributed by atoms with Gasteiger partial charge in [0.2, 0.25) is 0 Å². The van der Waals surface area contributed by atoms with E-state index in [1.54, 1.807) is 5.57 Å². The van der Waals surface area contributed by atoms with Gasteiger partial charge in [-0.05, 0) is 65.2 Å². The number of ether oxygens (including phenoxy) is 1. The van der Waals surface area contributed by atoms with Gasteiger partial charge in [0.15, 0.2) is 0 Å². The summed E-state index contributed by atoms with van der Waals surface area (Å²) in [5, 5.41) is 0. The zero-order valence-electron chi connectivity index (χ0n) is 14.3. The molecule has 0 N–H and O–H groups in total. The second-order valence-corrected chi connectivity index (χ2v) is 8.00. The molecule has 1 fully saturated rings. The van der Waals surface area contributed by atoms with Crippen molar-refractivity contribution in [3.63, 3.8) is 0 Å². The fourth-order valence-corrected chi connectivity index (χ4v) is 3.38. The van der Waals surface area contributed by atoms with Gasteiger partial charge in [-0.1, -0.05) is 25.5 Å². The number of carbonyl (C=O) groups is 1. The van der Waals surface area contributed by atoms with Crippen LogP contribution in [0.1, 0.15) is 73.1 Å². The Morgan fingerprint density at radius 1 is 1.38 bits per heavy atom. The molecular weight excluding hydrogens is 262 g/mol. The fraction of sp³-hybridized carbons (Fsp3) is 0.833. The highest BCUT2D eigenvalue weighted by atomic mass is 16.6. The fourth-order valence-electron chi connectivity index (χ4n) is 3.38. The summed E-state index contributed by atoms with van der Waals surface area (Å²) in [5.41, 5.74) is 1.14. The molecule has 1 amide bonds. The standard InChI is InChI=1S/C18H31NO2/c1-13(2)9-10-14-11-15-7-6-8-16(12-14)19(15)17(20)21-18(3,4)5/h11,13,15-16H,6-10,12H2,1-5H3. The smallest absolute Gasteiger partial charge is 0.411 e. The van der Waals surface area contributed by atoms with Crippen molar-refractivity contribution in [2.45, 2.75) is 90.8 Å². The Kier molecular flexibility index (Phi) is 5.00. The number of piperidine rings is 1. The Morgan fingerprint density at radius 2 is 2.10 bits per heavy atom. The number of amides is 1. The Hall–Kier alpha value is -0.990. The van der Waals surface area contributed by atoms with E-state index in [1.165, 1.54) is 19.3 Å². The third-order valence-corrected chi connectivity index (χ3v) is 4.36. The van der Waals surface area contributed by atoms with Crippen LogP contribution in [0.2, 0.25) is 0 Å². The quantitative estimate of drug-likeness (QED) is 0.692. The Bertz CT molecular complexity index is 406. The molecule has 2 rings (SSSR count). The van der Waals surface area contributed by atoms with Crippen LogP contribution in [0.4, 0.5) is 4.79 Å². The van der Waals surface area contributed by atoms with Gasteiger partial charge < -0.3 is 4.74 Å². The zero-order valence-corrected chi connectivity index (χ0v) is 14.3. The molecule has 0 aromatic heterocycles. The van der Waals surface area contributed by atoms with Gasteiger partial charge in [-0.3, -0.25) is 4.90 Å². The number of hydrogen-bond acceptors (Lipinski definition) is 2. The zero-order chi connectivity index (χ0) is 15.6. The summed E-state index contributed by atoms with van der Waals surface area (Å²) < 4.78 is 5.60. The molecule has 0 aliphatic carbocycles. The lowest BCUT2D eigenvalue weighted by molar-refractivity contribution is -0.00161. The lowest BCUT2D eigenvalue weighted by Gasteiger charge is -2.45. The van der Waals surface area contributed by atoms with Crippen LogP contribution < -0.4 is 0 Å². The minimum absolute atomic E-state index is 0.128. The first-order valence-corrected chi connectivity index (χ1v) is 8.47. The van der Waals surface area contributed by atoms with Gasteiger partial charge in [-0.25, -0.2) is 4.79 Å². The van der Waals surface area contributed by atoms with Crippen LogP contribution >= 0.6 is 0 Å². The van der Waals surface area contributed by atoms with Crippen molar-refractivity contribution >= 4 is 6.09 Å². The second-order valence-electron chi connectivity index (χ2n) is 8.00. The predicted octanol–water partition coefficient (Wildman–Crippen LogP) is 4.91. The maximum absolute atomic E-state index is 12.5. The van der Waals surface area contributed by atoms with Crippen molar-refractivity contribution in [2.75, 3.05) is 0 Å². The summed E-state index contributed by atoms with van der Waals surface area (Å²) in [7, 11) is 0. The van der Waals surface area contributed by atoms with Crippen LogP contribution in [0, 0.1) is 5.92 Å². The molecule has 120 valence electrons. The van der Waals surface area contributed by atoms with Crippen LogP contribution in [0.3, 0.4) is 0 Å².